The third-order valence-electron chi connectivity index (χ3n) is 3.04. The molecule has 0 unspecified atom stereocenters. The Morgan fingerprint density at radius 1 is 1.27 bits per heavy atom. The van der Waals surface area contributed by atoms with Crippen molar-refractivity contribution in [3.05, 3.63) is 24.5 Å². The third-order valence-corrected chi connectivity index (χ3v) is 3.04. The standard InChI is InChI=1S/C13H11N5O4/c19-9(7-18-10(20)3-4-11(18)21)15-13-17-16-12(22-13)8-2-1-5-14-6-8/h1-2,5-6H,3-4,7H2,(H,15,17,19). The van der Waals surface area contributed by atoms with Crippen LogP contribution in [0, 0.1) is 0 Å². The molecule has 0 bridgehead atoms. The predicted octanol–water partition coefficient (Wildman–Crippen LogP) is 0.219. The fraction of sp³-hybridized carbons (Fsp3) is 0.231. The van der Waals surface area contributed by atoms with Gasteiger partial charge in [0.2, 0.25) is 17.7 Å². The molecule has 0 aliphatic carbocycles. The van der Waals surface area contributed by atoms with Crippen molar-refractivity contribution in [2.45, 2.75) is 12.8 Å². The minimum atomic E-state index is -0.579. The van der Waals surface area contributed by atoms with Gasteiger partial charge >= 0.3 is 6.01 Å². The Hall–Kier alpha value is -3.10. The van der Waals surface area contributed by atoms with Crippen molar-refractivity contribution in [2.75, 3.05) is 11.9 Å². The average molecular weight is 301 g/mol. The van der Waals surface area contributed by atoms with Gasteiger partial charge in [-0.3, -0.25) is 29.6 Å². The molecular formula is C13H11N5O4. The highest BCUT2D eigenvalue weighted by Crippen LogP contribution is 2.18. The molecule has 1 aliphatic rings. The van der Waals surface area contributed by atoms with Crippen LogP contribution in [0.2, 0.25) is 0 Å². The highest BCUT2D eigenvalue weighted by molar-refractivity contribution is 6.05. The highest BCUT2D eigenvalue weighted by Gasteiger charge is 2.30. The van der Waals surface area contributed by atoms with Gasteiger partial charge in [-0.25, -0.2) is 0 Å². The number of carbonyl (C=O) groups excluding carboxylic acids is 3. The van der Waals surface area contributed by atoms with E-state index in [1.165, 1.54) is 0 Å². The molecule has 2 aromatic heterocycles. The SMILES string of the molecule is O=C(CN1C(=O)CCC1=O)Nc1nnc(-c2cccnc2)o1. The van der Waals surface area contributed by atoms with Crippen molar-refractivity contribution in [3.8, 4) is 11.5 Å². The van der Waals surface area contributed by atoms with Crippen LogP contribution in [-0.2, 0) is 14.4 Å². The number of hydrogen-bond donors (Lipinski definition) is 1. The number of amides is 3. The lowest BCUT2D eigenvalue weighted by Crippen LogP contribution is -2.36. The van der Waals surface area contributed by atoms with Gasteiger partial charge in [-0.2, -0.15) is 0 Å². The number of imide groups is 1. The fourth-order valence-electron chi connectivity index (χ4n) is 1.98. The van der Waals surface area contributed by atoms with Crippen LogP contribution in [-0.4, -0.2) is 44.3 Å². The van der Waals surface area contributed by atoms with Gasteiger partial charge in [0.05, 0.1) is 5.56 Å². The van der Waals surface area contributed by atoms with Crippen molar-refractivity contribution >= 4 is 23.7 Å². The maximum atomic E-state index is 11.8. The van der Waals surface area contributed by atoms with E-state index in [1.54, 1.807) is 24.5 Å². The van der Waals surface area contributed by atoms with E-state index in [0.717, 1.165) is 4.90 Å². The first-order valence-corrected chi connectivity index (χ1v) is 6.50. The van der Waals surface area contributed by atoms with Crippen molar-refractivity contribution < 1.29 is 18.8 Å². The summed E-state index contributed by atoms with van der Waals surface area (Å²) in [5, 5.41) is 9.82. The van der Waals surface area contributed by atoms with Gasteiger partial charge in [-0.05, 0) is 12.1 Å². The number of hydrogen-bond acceptors (Lipinski definition) is 7. The Bertz CT molecular complexity index is 711. The van der Waals surface area contributed by atoms with Crippen molar-refractivity contribution in [2.24, 2.45) is 0 Å². The molecule has 0 spiro atoms. The molecule has 0 aromatic carbocycles. The van der Waals surface area contributed by atoms with Gasteiger partial charge in [0.15, 0.2) is 0 Å². The summed E-state index contributed by atoms with van der Waals surface area (Å²) in [5.41, 5.74) is 0.611. The lowest BCUT2D eigenvalue weighted by molar-refractivity contribution is -0.141. The topological polar surface area (TPSA) is 118 Å². The molecule has 9 heteroatoms. The summed E-state index contributed by atoms with van der Waals surface area (Å²) in [6.45, 7) is -0.359. The van der Waals surface area contributed by atoms with Gasteiger partial charge in [0.1, 0.15) is 6.54 Å². The molecular weight excluding hydrogens is 290 g/mol. The van der Waals surface area contributed by atoms with Gasteiger partial charge < -0.3 is 4.42 Å². The maximum absolute atomic E-state index is 11.8. The van der Waals surface area contributed by atoms with Crippen LogP contribution < -0.4 is 5.32 Å². The number of carbonyl (C=O) groups is 3. The van der Waals surface area contributed by atoms with Gasteiger partial charge in [0, 0.05) is 25.2 Å². The summed E-state index contributed by atoms with van der Waals surface area (Å²) in [6.07, 6.45) is 3.42. The first kappa shape index (κ1) is 13.9. The molecule has 1 aliphatic heterocycles. The second-order valence-corrected chi connectivity index (χ2v) is 4.58. The molecule has 1 N–H and O–H groups in total. The van der Waals surface area contributed by atoms with E-state index < -0.39 is 5.91 Å². The molecule has 3 amide bonds. The molecule has 112 valence electrons. The van der Waals surface area contributed by atoms with Crippen molar-refractivity contribution in [1.82, 2.24) is 20.1 Å². The Labute approximate surface area is 124 Å². The van der Waals surface area contributed by atoms with Crippen LogP contribution in [0.25, 0.3) is 11.5 Å². The van der Waals surface area contributed by atoms with E-state index in [0.29, 0.717) is 5.56 Å². The van der Waals surface area contributed by atoms with Gasteiger partial charge in [-0.1, -0.05) is 5.10 Å². The number of nitrogens with one attached hydrogen (secondary N) is 1. The molecule has 3 rings (SSSR count). The van der Waals surface area contributed by atoms with E-state index in [9.17, 15) is 14.4 Å². The lowest BCUT2D eigenvalue weighted by Gasteiger charge is -2.11. The number of likely N-dealkylation sites (tertiary alicyclic amines) is 1. The van der Waals surface area contributed by atoms with E-state index >= 15 is 0 Å². The Balaban J connectivity index is 1.64. The van der Waals surface area contributed by atoms with Crippen LogP contribution in [0.15, 0.2) is 28.9 Å². The number of anilines is 1. The lowest BCUT2D eigenvalue weighted by atomic mass is 10.3. The number of aromatic nitrogens is 3. The molecule has 0 atom stereocenters. The largest absolute Gasteiger partial charge is 0.403 e. The molecule has 2 aromatic rings. The number of pyridine rings is 1. The average Bonchev–Trinajstić information content (AvgIpc) is 3.10. The maximum Gasteiger partial charge on any atom is 0.322 e. The zero-order chi connectivity index (χ0) is 15.5. The van der Waals surface area contributed by atoms with Crippen LogP contribution in [0.1, 0.15) is 12.8 Å². The monoisotopic (exact) mass is 301 g/mol. The molecule has 0 saturated carbocycles. The second kappa shape index (κ2) is 5.72. The molecule has 22 heavy (non-hydrogen) atoms. The summed E-state index contributed by atoms with van der Waals surface area (Å²) in [6, 6.07) is 3.33. The predicted molar refractivity (Wildman–Crippen MR) is 72.1 cm³/mol. The normalized spacial score (nSPS) is 14.5. The van der Waals surface area contributed by atoms with Crippen molar-refractivity contribution in [3.63, 3.8) is 0 Å². The van der Waals surface area contributed by atoms with Crippen LogP contribution in [0.3, 0.4) is 0 Å². The zero-order valence-electron chi connectivity index (χ0n) is 11.4. The smallest absolute Gasteiger partial charge is 0.322 e. The summed E-state index contributed by atoms with van der Waals surface area (Å²) in [7, 11) is 0. The zero-order valence-corrected chi connectivity index (χ0v) is 11.4. The quantitative estimate of drug-likeness (QED) is 0.802. The first-order chi connectivity index (χ1) is 10.6. The Morgan fingerprint density at radius 2 is 2.05 bits per heavy atom. The summed E-state index contributed by atoms with van der Waals surface area (Å²) in [4.78, 5) is 39.5. The van der Waals surface area contributed by atoms with Crippen LogP contribution in [0.5, 0.6) is 0 Å². The van der Waals surface area contributed by atoms with E-state index in [4.69, 9.17) is 4.42 Å². The van der Waals surface area contributed by atoms with E-state index in [1.807, 2.05) is 0 Å². The molecule has 0 radical (unpaired) electrons. The summed E-state index contributed by atoms with van der Waals surface area (Å²) >= 11 is 0. The highest BCUT2D eigenvalue weighted by atomic mass is 16.4. The Kier molecular flexibility index (Phi) is 3.60. The van der Waals surface area contributed by atoms with Crippen molar-refractivity contribution in [1.29, 1.82) is 0 Å². The first-order valence-electron chi connectivity index (χ1n) is 6.50. The van der Waals surface area contributed by atoms with Gasteiger partial charge in [0.25, 0.3) is 5.89 Å². The fourth-order valence-corrected chi connectivity index (χ4v) is 1.98. The molecule has 3 heterocycles. The summed E-state index contributed by atoms with van der Waals surface area (Å²) in [5.74, 6) is -1.09. The van der Waals surface area contributed by atoms with E-state index in [2.05, 4.69) is 20.5 Å². The van der Waals surface area contributed by atoms with Crippen LogP contribution in [0.4, 0.5) is 6.01 Å². The molecule has 9 nitrogen and oxygen atoms in total. The van der Waals surface area contributed by atoms with Crippen LogP contribution >= 0.6 is 0 Å². The minimum absolute atomic E-state index is 0.108. The second-order valence-electron chi connectivity index (χ2n) is 4.58. The minimum Gasteiger partial charge on any atom is -0.403 e. The number of nitrogens with zero attached hydrogens (tertiary/aromatic N) is 4. The number of rotatable bonds is 4. The van der Waals surface area contributed by atoms with Gasteiger partial charge in [-0.15, -0.1) is 5.10 Å². The molecule has 1 fully saturated rings. The van der Waals surface area contributed by atoms with E-state index in [-0.39, 0.29) is 43.1 Å². The molecule has 1 saturated heterocycles. The third kappa shape index (κ3) is 2.82. The summed E-state index contributed by atoms with van der Waals surface area (Å²) < 4.78 is 5.28. The Morgan fingerprint density at radius 3 is 2.73 bits per heavy atom.